The third-order valence-electron chi connectivity index (χ3n) is 2.68. The smallest absolute Gasteiger partial charge is 0.0663 e. The van der Waals surface area contributed by atoms with Gasteiger partial charge in [-0.2, -0.15) is 10.2 Å². The number of hydrogen-bond acceptors (Lipinski definition) is 2. The molecule has 0 saturated heterocycles. The average molecular weight is 176 g/mol. The van der Waals surface area contributed by atoms with Crippen molar-refractivity contribution >= 4 is 0 Å². The highest BCUT2D eigenvalue weighted by atomic mass is 15.1. The Morgan fingerprint density at radius 1 is 1.15 bits per heavy atom. The number of fused-ring (bicyclic) bond motifs is 1. The molecule has 2 heteroatoms. The number of aryl methyl sites for hydroxylation is 2. The molecule has 0 amide bonds. The van der Waals surface area contributed by atoms with Crippen molar-refractivity contribution in [1.29, 1.82) is 0 Å². The molecule has 0 N–H and O–H groups in total. The van der Waals surface area contributed by atoms with Crippen molar-refractivity contribution in [3.63, 3.8) is 0 Å². The second-order valence-corrected chi connectivity index (χ2v) is 4.10. The monoisotopic (exact) mass is 176 g/mol. The van der Waals surface area contributed by atoms with Crippen LogP contribution in [0.3, 0.4) is 0 Å². The van der Waals surface area contributed by atoms with Crippen LogP contribution in [0.1, 0.15) is 49.6 Å². The normalized spacial score (nSPS) is 15.9. The van der Waals surface area contributed by atoms with E-state index in [0.717, 1.165) is 12.1 Å². The first-order chi connectivity index (χ1) is 6.27. The molecule has 70 valence electrons. The Labute approximate surface area is 79.4 Å². The van der Waals surface area contributed by atoms with Crippen LogP contribution in [0.15, 0.2) is 6.07 Å². The Bertz CT molecular complexity index is 305. The van der Waals surface area contributed by atoms with Crippen LogP contribution in [0.2, 0.25) is 0 Å². The topological polar surface area (TPSA) is 25.8 Å². The van der Waals surface area contributed by atoms with E-state index in [4.69, 9.17) is 0 Å². The molecule has 0 atom stereocenters. The van der Waals surface area contributed by atoms with Gasteiger partial charge in [-0.1, -0.05) is 13.8 Å². The molecule has 0 spiro atoms. The first-order valence-corrected chi connectivity index (χ1v) is 5.13. The highest BCUT2D eigenvalue weighted by Gasteiger charge is 2.12. The van der Waals surface area contributed by atoms with Gasteiger partial charge in [0, 0.05) is 0 Å². The van der Waals surface area contributed by atoms with Gasteiger partial charge in [-0.25, -0.2) is 0 Å². The fourth-order valence-electron chi connectivity index (χ4n) is 1.79. The minimum atomic E-state index is 0.500. The van der Waals surface area contributed by atoms with Crippen LogP contribution < -0.4 is 0 Å². The van der Waals surface area contributed by atoms with E-state index in [1.54, 1.807) is 0 Å². The van der Waals surface area contributed by atoms with E-state index in [9.17, 15) is 0 Å². The zero-order valence-electron chi connectivity index (χ0n) is 8.38. The minimum absolute atomic E-state index is 0.500. The van der Waals surface area contributed by atoms with Crippen molar-refractivity contribution < 1.29 is 0 Å². The lowest BCUT2D eigenvalue weighted by Gasteiger charge is -2.15. The van der Waals surface area contributed by atoms with E-state index in [1.165, 1.54) is 30.5 Å². The maximum atomic E-state index is 4.29. The molecule has 1 aliphatic carbocycles. The summed E-state index contributed by atoms with van der Waals surface area (Å²) in [5.41, 5.74) is 3.81. The van der Waals surface area contributed by atoms with Crippen LogP contribution in [-0.2, 0) is 12.8 Å². The summed E-state index contributed by atoms with van der Waals surface area (Å²) in [4.78, 5) is 0. The molecule has 0 aliphatic heterocycles. The van der Waals surface area contributed by atoms with E-state index in [1.807, 2.05) is 0 Å². The highest BCUT2D eigenvalue weighted by Crippen LogP contribution is 2.21. The highest BCUT2D eigenvalue weighted by molar-refractivity contribution is 5.24. The molecule has 0 aromatic carbocycles. The van der Waals surface area contributed by atoms with Gasteiger partial charge in [0.15, 0.2) is 0 Å². The van der Waals surface area contributed by atoms with Crippen molar-refractivity contribution in [2.75, 3.05) is 0 Å². The van der Waals surface area contributed by atoms with E-state index < -0.39 is 0 Å². The van der Waals surface area contributed by atoms with Crippen LogP contribution in [-0.4, -0.2) is 10.2 Å². The van der Waals surface area contributed by atoms with Crippen LogP contribution in [0.5, 0.6) is 0 Å². The predicted octanol–water partition coefficient (Wildman–Crippen LogP) is 2.48. The standard InChI is InChI=1S/C11H16N2/c1-8(2)11-7-9-5-3-4-6-10(9)12-13-11/h7-8H,3-6H2,1-2H3. The van der Waals surface area contributed by atoms with Crippen molar-refractivity contribution in [3.05, 3.63) is 23.0 Å². The Morgan fingerprint density at radius 3 is 2.69 bits per heavy atom. The molecular weight excluding hydrogens is 160 g/mol. The van der Waals surface area contributed by atoms with Gasteiger partial charge in [0.2, 0.25) is 0 Å². The Kier molecular flexibility index (Phi) is 2.30. The summed E-state index contributed by atoms with van der Waals surface area (Å²) in [5.74, 6) is 0.500. The number of hydrogen-bond donors (Lipinski definition) is 0. The van der Waals surface area contributed by atoms with Crippen molar-refractivity contribution in [2.45, 2.75) is 45.4 Å². The maximum Gasteiger partial charge on any atom is 0.0663 e. The quantitative estimate of drug-likeness (QED) is 0.657. The van der Waals surface area contributed by atoms with E-state index in [0.29, 0.717) is 5.92 Å². The number of nitrogens with zero attached hydrogens (tertiary/aromatic N) is 2. The third kappa shape index (κ3) is 1.71. The zero-order valence-corrected chi connectivity index (χ0v) is 8.38. The van der Waals surface area contributed by atoms with Gasteiger partial charge < -0.3 is 0 Å². The fourth-order valence-corrected chi connectivity index (χ4v) is 1.79. The molecule has 0 bridgehead atoms. The van der Waals surface area contributed by atoms with Crippen molar-refractivity contribution in [3.8, 4) is 0 Å². The first-order valence-electron chi connectivity index (χ1n) is 5.13. The van der Waals surface area contributed by atoms with Gasteiger partial charge in [-0.3, -0.25) is 0 Å². The molecule has 1 aromatic heterocycles. The van der Waals surface area contributed by atoms with E-state index in [2.05, 4.69) is 30.1 Å². The number of aromatic nitrogens is 2. The summed E-state index contributed by atoms with van der Waals surface area (Å²) in [6.07, 6.45) is 4.92. The third-order valence-corrected chi connectivity index (χ3v) is 2.68. The second kappa shape index (κ2) is 3.44. The molecule has 0 radical (unpaired) electrons. The molecule has 2 nitrogen and oxygen atoms in total. The summed E-state index contributed by atoms with van der Waals surface area (Å²) in [6, 6.07) is 2.24. The van der Waals surface area contributed by atoms with Crippen LogP contribution in [0.4, 0.5) is 0 Å². The summed E-state index contributed by atoms with van der Waals surface area (Å²) < 4.78 is 0. The van der Waals surface area contributed by atoms with Gasteiger partial charge in [0.1, 0.15) is 0 Å². The second-order valence-electron chi connectivity index (χ2n) is 4.10. The first kappa shape index (κ1) is 8.67. The van der Waals surface area contributed by atoms with Crippen molar-refractivity contribution in [2.24, 2.45) is 0 Å². The van der Waals surface area contributed by atoms with Crippen LogP contribution in [0, 0.1) is 0 Å². The number of rotatable bonds is 1. The molecule has 0 unspecified atom stereocenters. The summed E-state index contributed by atoms with van der Waals surface area (Å²) in [5, 5.41) is 8.53. The van der Waals surface area contributed by atoms with Gasteiger partial charge >= 0.3 is 0 Å². The zero-order chi connectivity index (χ0) is 9.26. The maximum absolute atomic E-state index is 4.29. The van der Waals surface area contributed by atoms with Crippen molar-refractivity contribution in [1.82, 2.24) is 10.2 Å². The Morgan fingerprint density at radius 2 is 1.92 bits per heavy atom. The molecule has 1 aliphatic rings. The summed E-state index contributed by atoms with van der Waals surface area (Å²) in [6.45, 7) is 4.33. The lowest BCUT2D eigenvalue weighted by molar-refractivity contribution is 0.641. The van der Waals surface area contributed by atoms with Gasteiger partial charge in [0.05, 0.1) is 11.4 Å². The lowest BCUT2D eigenvalue weighted by Crippen LogP contribution is -2.09. The molecule has 0 fully saturated rings. The van der Waals surface area contributed by atoms with E-state index in [-0.39, 0.29) is 0 Å². The Hall–Kier alpha value is -0.920. The van der Waals surface area contributed by atoms with Gasteiger partial charge in [-0.15, -0.1) is 0 Å². The van der Waals surface area contributed by atoms with Gasteiger partial charge in [0.25, 0.3) is 0 Å². The molecule has 1 aromatic rings. The average Bonchev–Trinajstić information content (AvgIpc) is 2.17. The van der Waals surface area contributed by atoms with Crippen LogP contribution >= 0.6 is 0 Å². The molecule has 1 heterocycles. The summed E-state index contributed by atoms with van der Waals surface area (Å²) >= 11 is 0. The Balaban J connectivity index is 2.35. The largest absolute Gasteiger partial charge is 0.155 e. The molecule has 13 heavy (non-hydrogen) atoms. The molecule has 0 saturated carbocycles. The van der Waals surface area contributed by atoms with Gasteiger partial charge in [-0.05, 0) is 43.2 Å². The predicted molar refractivity (Wildman–Crippen MR) is 52.8 cm³/mol. The summed E-state index contributed by atoms with van der Waals surface area (Å²) in [7, 11) is 0. The lowest BCUT2D eigenvalue weighted by atomic mass is 9.95. The minimum Gasteiger partial charge on any atom is -0.155 e. The SMILES string of the molecule is CC(C)c1cc2c(nn1)CCCC2. The molecular formula is C11H16N2. The fraction of sp³-hybridized carbons (Fsp3) is 0.636. The molecule has 2 rings (SSSR count). The van der Waals surface area contributed by atoms with E-state index >= 15 is 0 Å². The van der Waals surface area contributed by atoms with Crippen LogP contribution in [0.25, 0.3) is 0 Å².